The zero-order chi connectivity index (χ0) is 13.9. The van der Waals surface area contributed by atoms with Crippen LogP contribution in [0.2, 0.25) is 5.02 Å². The number of benzene rings is 1. The predicted molar refractivity (Wildman–Crippen MR) is 80.5 cm³/mol. The van der Waals surface area contributed by atoms with Crippen molar-refractivity contribution in [2.24, 2.45) is 0 Å². The van der Waals surface area contributed by atoms with Crippen LogP contribution in [0.1, 0.15) is 5.56 Å². The van der Waals surface area contributed by atoms with E-state index in [4.69, 9.17) is 16.9 Å². The molecule has 0 atom stereocenters. The second-order valence-corrected chi connectivity index (χ2v) is 5.33. The number of hydrogen-bond acceptors (Lipinski definition) is 4. The average Bonchev–Trinajstić information content (AvgIpc) is 2.97. The third-order valence-corrected chi connectivity index (χ3v) is 3.93. The highest BCUT2D eigenvalue weighted by Crippen LogP contribution is 2.31. The quantitative estimate of drug-likeness (QED) is 0.704. The van der Waals surface area contributed by atoms with E-state index in [2.05, 4.69) is 16.0 Å². The van der Waals surface area contributed by atoms with E-state index in [0.29, 0.717) is 16.3 Å². The second kappa shape index (κ2) is 5.41. The van der Waals surface area contributed by atoms with E-state index in [1.165, 1.54) is 11.3 Å². The number of hydrogen-bond donors (Lipinski definition) is 0. The minimum Gasteiger partial charge on any atom is -0.252 e. The summed E-state index contributed by atoms with van der Waals surface area (Å²) in [7, 11) is 0. The zero-order valence-electron chi connectivity index (χ0n) is 10.2. The summed E-state index contributed by atoms with van der Waals surface area (Å²) in [6.07, 6.45) is 1.70. The lowest BCUT2D eigenvalue weighted by Gasteiger charge is -1.98. The molecule has 0 aliphatic carbocycles. The van der Waals surface area contributed by atoms with Crippen molar-refractivity contribution >= 4 is 22.9 Å². The number of halogens is 1. The first-order valence-electron chi connectivity index (χ1n) is 5.85. The largest absolute Gasteiger partial charge is 0.252 e. The summed E-state index contributed by atoms with van der Waals surface area (Å²) in [6.45, 7) is 0. The van der Waals surface area contributed by atoms with Crippen LogP contribution in [0.25, 0.3) is 22.0 Å². The van der Waals surface area contributed by atoms with Crippen LogP contribution in [0.15, 0.2) is 48.0 Å². The van der Waals surface area contributed by atoms with Crippen molar-refractivity contribution in [3.05, 3.63) is 58.6 Å². The standard InChI is InChI=1S/C15H8ClN3S/c16-12-2-1-7-18-14(12)15-19-13(9-20-15)11-5-3-10(8-17)4-6-11/h1-7,9H. The minimum atomic E-state index is 0.591. The molecule has 0 amide bonds. The van der Waals surface area contributed by atoms with E-state index in [1.807, 2.05) is 17.5 Å². The van der Waals surface area contributed by atoms with E-state index in [0.717, 1.165) is 16.3 Å². The van der Waals surface area contributed by atoms with Gasteiger partial charge in [0, 0.05) is 17.1 Å². The Balaban J connectivity index is 1.98. The average molecular weight is 298 g/mol. The van der Waals surface area contributed by atoms with Gasteiger partial charge in [0.15, 0.2) is 0 Å². The van der Waals surface area contributed by atoms with Crippen LogP contribution in [0.4, 0.5) is 0 Å². The van der Waals surface area contributed by atoms with Gasteiger partial charge in [0.25, 0.3) is 0 Å². The van der Waals surface area contributed by atoms with Gasteiger partial charge in [-0.15, -0.1) is 11.3 Å². The third kappa shape index (κ3) is 2.42. The van der Waals surface area contributed by atoms with Gasteiger partial charge in [-0.3, -0.25) is 4.98 Å². The highest BCUT2D eigenvalue weighted by molar-refractivity contribution is 7.13. The summed E-state index contributed by atoms with van der Waals surface area (Å²) in [5.74, 6) is 0. The Labute approximate surface area is 125 Å². The molecule has 0 N–H and O–H groups in total. The van der Waals surface area contributed by atoms with Crippen LogP contribution in [-0.2, 0) is 0 Å². The molecule has 96 valence electrons. The SMILES string of the molecule is N#Cc1ccc(-c2csc(-c3ncccc3Cl)n2)cc1. The normalized spacial score (nSPS) is 10.2. The van der Waals surface area contributed by atoms with Crippen LogP contribution < -0.4 is 0 Å². The fourth-order valence-electron chi connectivity index (χ4n) is 1.77. The molecule has 2 heterocycles. The molecule has 3 rings (SSSR count). The predicted octanol–water partition coefficient (Wildman–Crippen LogP) is 4.40. The maximum atomic E-state index is 8.80. The Morgan fingerprint density at radius 1 is 1.15 bits per heavy atom. The highest BCUT2D eigenvalue weighted by Gasteiger charge is 2.10. The molecule has 3 nitrogen and oxygen atoms in total. The van der Waals surface area contributed by atoms with Gasteiger partial charge in [0.05, 0.1) is 22.3 Å². The van der Waals surface area contributed by atoms with Crippen LogP contribution in [0.5, 0.6) is 0 Å². The van der Waals surface area contributed by atoms with Gasteiger partial charge >= 0.3 is 0 Å². The summed E-state index contributed by atoms with van der Waals surface area (Å²) in [5.41, 5.74) is 3.16. The van der Waals surface area contributed by atoms with Crippen LogP contribution in [0.3, 0.4) is 0 Å². The van der Waals surface area contributed by atoms with Crippen molar-refractivity contribution in [2.75, 3.05) is 0 Å². The first kappa shape index (κ1) is 12.8. The van der Waals surface area contributed by atoms with Crippen molar-refractivity contribution < 1.29 is 0 Å². The Morgan fingerprint density at radius 2 is 1.95 bits per heavy atom. The van der Waals surface area contributed by atoms with E-state index in [9.17, 15) is 0 Å². The molecular formula is C15H8ClN3S. The number of rotatable bonds is 2. The molecule has 0 unspecified atom stereocenters. The topological polar surface area (TPSA) is 49.6 Å². The first-order valence-corrected chi connectivity index (χ1v) is 7.10. The van der Waals surface area contributed by atoms with Gasteiger partial charge in [0.1, 0.15) is 10.7 Å². The van der Waals surface area contributed by atoms with Gasteiger partial charge in [0.2, 0.25) is 0 Å². The summed E-state index contributed by atoms with van der Waals surface area (Å²) >= 11 is 7.62. The van der Waals surface area contributed by atoms with Crippen LogP contribution >= 0.6 is 22.9 Å². The molecule has 3 aromatic rings. The Kier molecular flexibility index (Phi) is 3.46. The smallest absolute Gasteiger partial charge is 0.144 e. The number of aromatic nitrogens is 2. The molecule has 5 heteroatoms. The third-order valence-electron chi connectivity index (χ3n) is 2.78. The maximum absolute atomic E-state index is 8.80. The van der Waals surface area contributed by atoms with E-state index < -0.39 is 0 Å². The lowest BCUT2D eigenvalue weighted by Crippen LogP contribution is -1.84. The molecular weight excluding hydrogens is 290 g/mol. The number of pyridine rings is 1. The molecule has 1 aromatic carbocycles. The fourth-order valence-corrected chi connectivity index (χ4v) is 2.88. The van der Waals surface area contributed by atoms with Crippen LogP contribution in [0, 0.1) is 11.3 Å². The molecule has 0 bridgehead atoms. The van der Waals surface area contributed by atoms with Crippen molar-refractivity contribution in [2.45, 2.75) is 0 Å². The van der Waals surface area contributed by atoms with Gasteiger partial charge in [-0.1, -0.05) is 23.7 Å². The monoisotopic (exact) mass is 297 g/mol. The zero-order valence-corrected chi connectivity index (χ0v) is 11.8. The molecule has 20 heavy (non-hydrogen) atoms. The van der Waals surface area contributed by atoms with Gasteiger partial charge in [-0.05, 0) is 24.3 Å². The van der Waals surface area contributed by atoms with Gasteiger partial charge in [-0.25, -0.2) is 4.98 Å². The first-order chi connectivity index (χ1) is 9.78. The Morgan fingerprint density at radius 3 is 2.65 bits per heavy atom. The highest BCUT2D eigenvalue weighted by atomic mass is 35.5. The summed E-state index contributed by atoms with van der Waals surface area (Å²) in [6, 6.07) is 13.0. The summed E-state index contributed by atoms with van der Waals surface area (Å²) < 4.78 is 0. The number of nitrogens with zero attached hydrogens (tertiary/aromatic N) is 3. The van der Waals surface area contributed by atoms with Gasteiger partial charge < -0.3 is 0 Å². The number of thiazole rings is 1. The van der Waals surface area contributed by atoms with Crippen molar-refractivity contribution in [3.8, 4) is 28.0 Å². The van der Waals surface area contributed by atoms with Gasteiger partial charge in [-0.2, -0.15) is 5.26 Å². The van der Waals surface area contributed by atoms with E-state index in [1.54, 1.807) is 30.5 Å². The van der Waals surface area contributed by atoms with Crippen molar-refractivity contribution in [1.82, 2.24) is 9.97 Å². The van der Waals surface area contributed by atoms with Crippen molar-refractivity contribution in [1.29, 1.82) is 5.26 Å². The van der Waals surface area contributed by atoms with Crippen LogP contribution in [-0.4, -0.2) is 9.97 Å². The molecule has 0 saturated heterocycles. The lowest BCUT2D eigenvalue weighted by atomic mass is 10.1. The molecule has 0 fully saturated rings. The molecule has 0 radical (unpaired) electrons. The van der Waals surface area contributed by atoms with Crippen molar-refractivity contribution in [3.63, 3.8) is 0 Å². The number of nitriles is 1. The lowest BCUT2D eigenvalue weighted by molar-refractivity contribution is 1.29. The molecule has 0 saturated carbocycles. The molecule has 0 spiro atoms. The molecule has 0 aliphatic rings. The second-order valence-electron chi connectivity index (χ2n) is 4.06. The van der Waals surface area contributed by atoms with E-state index in [-0.39, 0.29) is 0 Å². The summed E-state index contributed by atoms with van der Waals surface area (Å²) in [4.78, 5) is 8.81. The Bertz CT molecular complexity index is 787. The maximum Gasteiger partial charge on any atom is 0.144 e. The Hall–Kier alpha value is -2.22. The van der Waals surface area contributed by atoms with E-state index >= 15 is 0 Å². The summed E-state index contributed by atoms with van der Waals surface area (Å²) in [5, 5.41) is 12.1. The minimum absolute atomic E-state index is 0.591. The fraction of sp³-hybridized carbons (Fsp3) is 0. The molecule has 0 aliphatic heterocycles. The molecule has 2 aromatic heterocycles.